The zero-order chi connectivity index (χ0) is 10.6. The van der Waals surface area contributed by atoms with Gasteiger partial charge < -0.3 is 5.32 Å². The van der Waals surface area contributed by atoms with Gasteiger partial charge in [0, 0.05) is 9.26 Å². The predicted molar refractivity (Wildman–Crippen MR) is 66.0 cm³/mol. The number of carbonyl (C=O) groups is 1. The Balaban J connectivity index is 2.90. The second-order valence-corrected chi connectivity index (χ2v) is 3.90. The number of amides is 1. The first-order valence-corrected chi connectivity index (χ1v) is 5.22. The smallest absolute Gasteiger partial charge is 0.300 e. The lowest BCUT2D eigenvalue weighted by atomic mass is 10.2. The van der Waals surface area contributed by atoms with Crippen molar-refractivity contribution in [1.82, 2.24) is 0 Å². The van der Waals surface area contributed by atoms with Gasteiger partial charge in [-0.3, -0.25) is 4.79 Å². The lowest BCUT2D eigenvalue weighted by Gasteiger charge is -2.06. The van der Waals surface area contributed by atoms with E-state index in [0.717, 1.165) is 14.8 Å². The monoisotopic (exact) mass is 299 g/mol. The summed E-state index contributed by atoms with van der Waals surface area (Å²) in [6, 6.07) is 5.77. The van der Waals surface area contributed by atoms with Crippen molar-refractivity contribution in [2.45, 2.75) is 13.8 Å². The van der Waals surface area contributed by atoms with Crippen LogP contribution in [0.1, 0.15) is 12.5 Å². The molecule has 0 spiro atoms. The van der Waals surface area contributed by atoms with Crippen molar-refractivity contribution in [1.29, 1.82) is 0 Å². The summed E-state index contributed by atoms with van der Waals surface area (Å²) in [7, 11) is 0. The molecule has 0 fully saturated rings. The molecular formula is C11H10INO. The van der Waals surface area contributed by atoms with Crippen LogP contribution in [0.5, 0.6) is 0 Å². The van der Waals surface area contributed by atoms with Gasteiger partial charge in [-0.1, -0.05) is 12.0 Å². The van der Waals surface area contributed by atoms with E-state index in [2.05, 4.69) is 39.7 Å². The van der Waals surface area contributed by atoms with E-state index >= 15 is 0 Å². The third-order valence-electron chi connectivity index (χ3n) is 1.75. The highest BCUT2D eigenvalue weighted by molar-refractivity contribution is 14.1. The summed E-state index contributed by atoms with van der Waals surface area (Å²) >= 11 is 2.23. The Kier molecular flexibility index (Phi) is 3.96. The molecule has 1 N–H and O–H groups in total. The van der Waals surface area contributed by atoms with Crippen molar-refractivity contribution in [3.63, 3.8) is 0 Å². The molecule has 0 aliphatic rings. The number of anilines is 1. The first kappa shape index (κ1) is 11.1. The molecule has 0 aliphatic carbocycles. The Morgan fingerprint density at radius 3 is 2.86 bits per heavy atom. The zero-order valence-electron chi connectivity index (χ0n) is 8.02. The summed E-state index contributed by atoms with van der Waals surface area (Å²) < 4.78 is 1.13. The van der Waals surface area contributed by atoms with Gasteiger partial charge in [-0.25, -0.2) is 0 Å². The molecule has 1 rings (SSSR count). The maximum absolute atomic E-state index is 11.2. The van der Waals surface area contributed by atoms with Crippen LogP contribution in [0.15, 0.2) is 18.2 Å². The highest BCUT2D eigenvalue weighted by Gasteiger charge is 2.03. The summed E-state index contributed by atoms with van der Waals surface area (Å²) in [6.07, 6.45) is 0. The van der Waals surface area contributed by atoms with Crippen molar-refractivity contribution in [2.75, 3.05) is 5.32 Å². The maximum Gasteiger partial charge on any atom is 0.300 e. The number of rotatable bonds is 1. The van der Waals surface area contributed by atoms with E-state index in [9.17, 15) is 4.79 Å². The van der Waals surface area contributed by atoms with E-state index in [-0.39, 0.29) is 5.91 Å². The molecule has 0 bridgehead atoms. The molecule has 0 aliphatic heterocycles. The van der Waals surface area contributed by atoms with Crippen LogP contribution in [-0.4, -0.2) is 5.91 Å². The topological polar surface area (TPSA) is 29.1 Å². The van der Waals surface area contributed by atoms with E-state index in [0.29, 0.717) is 0 Å². The third-order valence-corrected chi connectivity index (χ3v) is 2.92. The van der Waals surface area contributed by atoms with E-state index < -0.39 is 0 Å². The second-order valence-electron chi connectivity index (χ2n) is 2.74. The minimum absolute atomic E-state index is 0.266. The first-order chi connectivity index (χ1) is 6.65. The Morgan fingerprint density at radius 2 is 2.21 bits per heavy atom. The largest absolute Gasteiger partial charge is 0.315 e. The van der Waals surface area contributed by atoms with Crippen molar-refractivity contribution in [2.24, 2.45) is 0 Å². The maximum atomic E-state index is 11.2. The summed E-state index contributed by atoms with van der Waals surface area (Å²) in [5, 5.41) is 2.73. The molecular weight excluding hydrogens is 289 g/mol. The summed E-state index contributed by atoms with van der Waals surface area (Å²) in [4.78, 5) is 11.2. The first-order valence-electron chi connectivity index (χ1n) is 4.14. The second kappa shape index (κ2) is 5.01. The van der Waals surface area contributed by atoms with Gasteiger partial charge in [0.25, 0.3) is 5.91 Å². The molecule has 3 heteroatoms. The molecule has 0 saturated heterocycles. The van der Waals surface area contributed by atoms with Gasteiger partial charge in [0.2, 0.25) is 0 Å². The number of hydrogen-bond donors (Lipinski definition) is 1. The van der Waals surface area contributed by atoms with Gasteiger partial charge >= 0.3 is 0 Å². The van der Waals surface area contributed by atoms with Crippen LogP contribution in [0.25, 0.3) is 0 Å². The number of carbonyl (C=O) groups excluding carboxylic acids is 1. The van der Waals surface area contributed by atoms with Crippen molar-refractivity contribution >= 4 is 34.2 Å². The quantitative estimate of drug-likeness (QED) is 0.627. The minimum atomic E-state index is -0.266. The Hall–Kier alpha value is -1.02. The Morgan fingerprint density at radius 1 is 1.50 bits per heavy atom. The number of hydrogen-bond acceptors (Lipinski definition) is 1. The lowest BCUT2D eigenvalue weighted by molar-refractivity contribution is -0.111. The zero-order valence-corrected chi connectivity index (χ0v) is 10.2. The highest BCUT2D eigenvalue weighted by atomic mass is 127. The average molecular weight is 299 g/mol. The van der Waals surface area contributed by atoms with Crippen LogP contribution in [0.2, 0.25) is 0 Å². The lowest BCUT2D eigenvalue weighted by Crippen LogP contribution is -2.09. The van der Waals surface area contributed by atoms with Crippen LogP contribution >= 0.6 is 22.6 Å². The van der Waals surface area contributed by atoms with Crippen LogP contribution in [0.4, 0.5) is 5.69 Å². The van der Waals surface area contributed by atoms with Crippen molar-refractivity contribution in [3.05, 3.63) is 27.3 Å². The van der Waals surface area contributed by atoms with Crippen molar-refractivity contribution < 1.29 is 4.79 Å². The highest BCUT2D eigenvalue weighted by Crippen LogP contribution is 2.19. The Labute approximate surface area is 97.2 Å². The van der Waals surface area contributed by atoms with Gasteiger partial charge in [0.05, 0.1) is 0 Å². The normalized spacial score (nSPS) is 8.79. The minimum Gasteiger partial charge on any atom is -0.315 e. The fourth-order valence-corrected chi connectivity index (χ4v) is 1.51. The molecule has 0 radical (unpaired) electrons. The summed E-state index contributed by atoms with van der Waals surface area (Å²) in [6.45, 7) is 3.61. The van der Waals surface area contributed by atoms with Gasteiger partial charge in [0.15, 0.2) is 0 Å². The van der Waals surface area contributed by atoms with Gasteiger partial charge in [-0.15, -0.1) is 0 Å². The molecule has 0 aromatic heterocycles. The molecule has 2 nitrogen and oxygen atoms in total. The molecule has 0 atom stereocenters. The summed E-state index contributed by atoms with van der Waals surface area (Å²) in [5.41, 5.74) is 1.89. The molecule has 1 aromatic carbocycles. The number of benzene rings is 1. The average Bonchev–Trinajstić information content (AvgIpc) is 2.13. The van der Waals surface area contributed by atoms with Crippen LogP contribution in [0.3, 0.4) is 0 Å². The SMILES string of the molecule is CC#CC(=O)Nc1cccc(I)c1C. The van der Waals surface area contributed by atoms with E-state index in [1.165, 1.54) is 0 Å². The fraction of sp³-hybridized carbons (Fsp3) is 0.182. The van der Waals surface area contributed by atoms with Gasteiger partial charge in [0.1, 0.15) is 0 Å². The van der Waals surface area contributed by atoms with E-state index in [1.54, 1.807) is 6.92 Å². The molecule has 1 aromatic rings. The molecule has 14 heavy (non-hydrogen) atoms. The summed E-state index contributed by atoms with van der Waals surface area (Å²) in [5.74, 6) is 4.73. The molecule has 1 amide bonds. The van der Waals surface area contributed by atoms with Crippen LogP contribution in [-0.2, 0) is 4.79 Å². The van der Waals surface area contributed by atoms with E-state index in [1.807, 2.05) is 25.1 Å². The number of halogens is 1. The molecule has 0 heterocycles. The third kappa shape index (κ3) is 2.74. The van der Waals surface area contributed by atoms with Crippen LogP contribution < -0.4 is 5.32 Å². The van der Waals surface area contributed by atoms with Crippen LogP contribution in [0, 0.1) is 22.3 Å². The predicted octanol–water partition coefficient (Wildman–Crippen LogP) is 2.56. The Bertz CT molecular complexity index is 415. The standard InChI is InChI=1S/C11H10INO/c1-3-5-11(14)13-10-7-4-6-9(12)8(10)2/h4,6-7H,1-2H3,(H,13,14). The van der Waals surface area contributed by atoms with Crippen molar-refractivity contribution in [3.8, 4) is 11.8 Å². The fourth-order valence-electron chi connectivity index (χ4n) is 1.01. The molecule has 0 saturated carbocycles. The molecule has 72 valence electrons. The molecule has 0 unspecified atom stereocenters. The van der Waals surface area contributed by atoms with E-state index in [4.69, 9.17) is 0 Å². The van der Waals surface area contributed by atoms with Gasteiger partial charge in [-0.05, 0) is 60.1 Å². The van der Waals surface area contributed by atoms with Gasteiger partial charge in [-0.2, -0.15) is 0 Å². The number of nitrogens with one attached hydrogen (secondary N) is 1.